The molecule has 140 valence electrons. The second-order valence-electron chi connectivity index (χ2n) is 5.81. The molecular formula is C18H20NO7-. The highest BCUT2D eigenvalue weighted by molar-refractivity contribution is 6.08. The summed E-state index contributed by atoms with van der Waals surface area (Å²) >= 11 is 0. The number of amides is 1. The first kappa shape index (κ1) is 19.3. The van der Waals surface area contributed by atoms with Gasteiger partial charge in [-0.1, -0.05) is 6.07 Å². The van der Waals surface area contributed by atoms with Crippen molar-refractivity contribution in [3.63, 3.8) is 0 Å². The molecule has 0 unspecified atom stereocenters. The second-order valence-corrected chi connectivity index (χ2v) is 5.81. The largest absolute Gasteiger partial charge is 0.550 e. The highest BCUT2D eigenvalue weighted by atomic mass is 16.5. The molecule has 2 rings (SSSR count). The minimum Gasteiger partial charge on any atom is -0.550 e. The lowest BCUT2D eigenvalue weighted by Crippen LogP contribution is -2.33. The van der Waals surface area contributed by atoms with Crippen molar-refractivity contribution < 1.29 is 34.1 Å². The number of aliphatic hydroxyl groups excluding tert-OH is 1. The molecule has 0 bridgehead atoms. The molecule has 0 aromatic heterocycles. The predicted molar refractivity (Wildman–Crippen MR) is 88.6 cm³/mol. The van der Waals surface area contributed by atoms with Crippen LogP contribution in [0, 0.1) is 0 Å². The highest BCUT2D eigenvalue weighted by Crippen LogP contribution is 2.40. The Bertz CT molecular complexity index is 769. The summed E-state index contributed by atoms with van der Waals surface area (Å²) in [4.78, 5) is 36.4. The predicted octanol–water partition coefficient (Wildman–Crippen LogP) is 0.518. The molecule has 1 aliphatic heterocycles. The minimum atomic E-state index is -1.23. The van der Waals surface area contributed by atoms with Crippen molar-refractivity contribution >= 4 is 17.7 Å². The number of rotatable bonds is 8. The van der Waals surface area contributed by atoms with E-state index >= 15 is 0 Å². The van der Waals surface area contributed by atoms with Crippen LogP contribution in [0.4, 0.5) is 0 Å². The van der Waals surface area contributed by atoms with Crippen molar-refractivity contribution in [1.82, 2.24) is 4.90 Å². The van der Waals surface area contributed by atoms with Crippen LogP contribution in [0.2, 0.25) is 0 Å². The Morgan fingerprint density at radius 3 is 2.42 bits per heavy atom. The van der Waals surface area contributed by atoms with Gasteiger partial charge in [0.1, 0.15) is 0 Å². The summed E-state index contributed by atoms with van der Waals surface area (Å²) in [6.07, 6.45) is -0.102. The number of benzene rings is 1. The number of hydrogen-bond acceptors (Lipinski definition) is 7. The molecule has 1 atom stereocenters. The van der Waals surface area contributed by atoms with E-state index in [1.54, 1.807) is 18.2 Å². The third-order valence-corrected chi connectivity index (χ3v) is 4.19. The summed E-state index contributed by atoms with van der Waals surface area (Å²) in [7, 11) is 2.94. The SMILES string of the molecule is COc1ccc([C@@H]2C(C(C)=O)=C(O)C(=O)N2CCCC(=O)[O-])cc1OC. The Morgan fingerprint density at radius 2 is 1.88 bits per heavy atom. The van der Waals surface area contributed by atoms with Gasteiger partial charge in [-0.25, -0.2) is 0 Å². The van der Waals surface area contributed by atoms with Crippen LogP contribution < -0.4 is 14.6 Å². The molecule has 0 aliphatic carbocycles. The van der Waals surface area contributed by atoms with Crippen molar-refractivity contribution in [2.24, 2.45) is 0 Å². The fraction of sp³-hybridized carbons (Fsp3) is 0.389. The van der Waals surface area contributed by atoms with E-state index in [1.165, 1.54) is 26.0 Å². The van der Waals surface area contributed by atoms with Crippen LogP contribution in [0.15, 0.2) is 29.5 Å². The first-order valence-corrected chi connectivity index (χ1v) is 7.98. The molecule has 0 saturated heterocycles. The van der Waals surface area contributed by atoms with Gasteiger partial charge in [0.05, 0.1) is 25.8 Å². The number of hydrogen-bond donors (Lipinski definition) is 1. The maximum absolute atomic E-state index is 12.4. The molecule has 1 heterocycles. The number of carbonyl (C=O) groups excluding carboxylic acids is 3. The van der Waals surface area contributed by atoms with E-state index in [4.69, 9.17) is 9.47 Å². The average molecular weight is 362 g/mol. The van der Waals surface area contributed by atoms with Crippen LogP contribution in [0.5, 0.6) is 11.5 Å². The zero-order valence-corrected chi connectivity index (χ0v) is 14.8. The van der Waals surface area contributed by atoms with Crippen LogP contribution in [0.3, 0.4) is 0 Å². The average Bonchev–Trinajstić information content (AvgIpc) is 2.85. The number of carbonyl (C=O) groups is 3. The van der Waals surface area contributed by atoms with Gasteiger partial charge in [0.25, 0.3) is 5.91 Å². The Hall–Kier alpha value is -3.03. The van der Waals surface area contributed by atoms with Gasteiger partial charge >= 0.3 is 0 Å². The molecule has 26 heavy (non-hydrogen) atoms. The number of ketones is 1. The lowest BCUT2D eigenvalue weighted by Gasteiger charge is -2.27. The molecule has 1 N–H and O–H groups in total. The van der Waals surface area contributed by atoms with E-state index in [2.05, 4.69) is 0 Å². The molecule has 1 aromatic rings. The Morgan fingerprint density at radius 1 is 1.23 bits per heavy atom. The summed E-state index contributed by atoms with van der Waals surface area (Å²) in [5, 5.41) is 20.8. The number of carboxylic acid groups (broad SMARTS) is 1. The molecule has 1 amide bonds. The van der Waals surface area contributed by atoms with Gasteiger partial charge < -0.3 is 29.4 Å². The number of aliphatic hydroxyl groups is 1. The molecule has 8 nitrogen and oxygen atoms in total. The number of methoxy groups -OCH3 is 2. The Kier molecular flexibility index (Phi) is 5.86. The Labute approximate surface area is 150 Å². The van der Waals surface area contributed by atoms with E-state index in [9.17, 15) is 24.6 Å². The van der Waals surface area contributed by atoms with Gasteiger partial charge in [0.2, 0.25) is 0 Å². The normalized spacial score (nSPS) is 16.8. The lowest BCUT2D eigenvalue weighted by atomic mass is 9.96. The van der Waals surface area contributed by atoms with Gasteiger partial charge in [-0.05, 0) is 37.5 Å². The summed E-state index contributed by atoms with van der Waals surface area (Å²) in [5.41, 5.74) is 0.509. The first-order valence-electron chi connectivity index (χ1n) is 7.98. The van der Waals surface area contributed by atoms with Crippen LogP contribution in [-0.4, -0.2) is 48.4 Å². The van der Waals surface area contributed by atoms with E-state index in [-0.39, 0.29) is 25.0 Å². The summed E-state index contributed by atoms with van der Waals surface area (Å²) in [5.74, 6) is -2.14. The molecule has 0 saturated carbocycles. The van der Waals surface area contributed by atoms with Crippen molar-refractivity contribution in [1.29, 1.82) is 0 Å². The van der Waals surface area contributed by atoms with Crippen LogP contribution in [0.1, 0.15) is 31.4 Å². The fourth-order valence-corrected chi connectivity index (χ4v) is 3.01. The third kappa shape index (κ3) is 3.63. The monoisotopic (exact) mass is 362 g/mol. The van der Waals surface area contributed by atoms with E-state index in [0.29, 0.717) is 17.1 Å². The number of carboxylic acids is 1. The molecule has 1 aliphatic rings. The van der Waals surface area contributed by atoms with E-state index in [0.717, 1.165) is 0 Å². The molecule has 1 aromatic carbocycles. The Balaban J connectivity index is 2.45. The number of ether oxygens (including phenoxy) is 2. The van der Waals surface area contributed by atoms with Gasteiger partial charge in [0, 0.05) is 12.5 Å². The van der Waals surface area contributed by atoms with Crippen molar-refractivity contribution in [2.45, 2.75) is 25.8 Å². The summed E-state index contributed by atoms with van der Waals surface area (Å²) < 4.78 is 10.4. The van der Waals surface area contributed by atoms with Crippen molar-refractivity contribution in [2.75, 3.05) is 20.8 Å². The van der Waals surface area contributed by atoms with E-state index in [1.807, 2.05) is 0 Å². The zero-order chi connectivity index (χ0) is 19.4. The molecule has 0 fully saturated rings. The number of nitrogens with zero attached hydrogens (tertiary/aromatic N) is 1. The van der Waals surface area contributed by atoms with Gasteiger partial charge in [-0.15, -0.1) is 0 Å². The minimum absolute atomic E-state index is 0.0318. The van der Waals surface area contributed by atoms with Crippen molar-refractivity contribution in [3.8, 4) is 11.5 Å². The molecule has 0 radical (unpaired) electrons. The quantitative estimate of drug-likeness (QED) is 0.716. The maximum atomic E-state index is 12.4. The maximum Gasteiger partial charge on any atom is 0.290 e. The van der Waals surface area contributed by atoms with Gasteiger partial charge in [-0.2, -0.15) is 0 Å². The smallest absolute Gasteiger partial charge is 0.290 e. The first-order chi connectivity index (χ1) is 12.3. The fourth-order valence-electron chi connectivity index (χ4n) is 3.01. The lowest BCUT2D eigenvalue weighted by molar-refractivity contribution is -0.305. The number of aliphatic carboxylic acids is 1. The standard InChI is InChI=1S/C18H21NO7/c1-10(20)15-16(11-6-7-12(25-2)13(9-11)26-3)19(18(24)17(15)23)8-4-5-14(21)22/h6-7,9,16,23H,4-5,8H2,1-3H3,(H,21,22)/p-1/t16-/m1/s1. The highest BCUT2D eigenvalue weighted by Gasteiger charge is 2.42. The molecule has 8 heteroatoms. The van der Waals surface area contributed by atoms with Crippen LogP contribution in [0.25, 0.3) is 0 Å². The van der Waals surface area contributed by atoms with E-state index < -0.39 is 29.5 Å². The zero-order valence-electron chi connectivity index (χ0n) is 14.8. The van der Waals surface area contributed by atoms with Gasteiger partial charge in [-0.3, -0.25) is 9.59 Å². The van der Waals surface area contributed by atoms with Crippen LogP contribution in [-0.2, 0) is 14.4 Å². The van der Waals surface area contributed by atoms with Crippen molar-refractivity contribution in [3.05, 3.63) is 35.1 Å². The third-order valence-electron chi connectivity index (χ3n) is 4.19. The summed E-state index contributed by atoms with van der Waals surface area (Å²) in [6, 6.07) is 4.07. The second kappa shape index (κ2) is 7.90. The van der Waals surface area contributed by atoms with Gasteiger partial charge in [0.15, 0.2) is 23.0 Å². The molecular weight excluding hydrogens is 342 g/mol. The van der Waals surface area contributed by atoms with Crippen LogP contribution >= 0.6 is 0 Å². The summed E-state index contributed by atoms with van der Waals surface area (Å²) in [6.45, 7) is 1.31. The topological polar surface area (TPSA) is 116 Å². The molecule has 0 spiro atoms. The number of Topliss-reactive ketones (excluding diaryl/α,β-unsaturated/α-hetero) is 1.